The van der Waals surface area contributed by atoms with Gasteiger partial charge < -0.3 is 9.15 Å². The largest absolute Gasteiger partial charge is 0.436 e. The summed E-state index contributed by atoms with van der Waals surface area (Å²) >= 11 is 0. The maximum absolute atomic E-state index is 12.1. The lowest BCUT2D eigenvalue weighted by atomic mass is 10.2. The Bertz CT molecular complexity index is 960. The van der Waals surface area contributed by atoms with Gasteiger partial charge in [-0.2, -0.15) is 4.68 Å². The molecule has 0 unspecified atom stereocenters. The number of carbonyl (C=O) groups excluding carboxylic acids is 1. The van der Waals surface area contributed by atoms with Gasteiger partial charge in [0.1, 0.15) is 10.4 Å². The molecular weight excluding hydrogens is 308 g/mol. The standard InChI is InChI=1S/C13H8N4O6/c18-12-8-3-1-2-4-9(8)14-15-16(12)7-22-13(19)10-5-6-11(23-10)17(20)21/h1-6H,7H2. The molecule has 0 spiro atoms. The molecule has 0 amide bonds. The van der Waals surface area contributed by atoms with Gasteiger partial charge in [-0.25, -0.2) is 4.79 Å². The fourth-order valence-corrected chi connectivity index (χ4v) is 1.83. The minimum absolute atomic E-state index is 0.326. The molecule has 3 aromatic rings. The van der Waals surface area contributed by atoms with Gasteiger partial charge in [0.25, 0.3) is 5.56 Å². The summed E-state index contributed by atoms with van der Waals surface area (Å²) in [6.45, 7) is -0.496. The van der Waals surface area contributed by atoms with Crippen LogP contribution in [-0.2, 0) is 11.5 Å². The van der Waals surface area contributed by atoms with Crippen molar-refractivity contribution in [2.45, 2.75) is 6.73 Å². The van der Waals surface area contributed by atoms with Gasteiger partial charge in [0.05, 0.1) is 11.5 Å². The third-order valence-corrected chi connectivity index (χ3v) is 2.92. The summed E-state index contributed by atoms with van der Waals surface area (Å²) in [5.74, 6) is -1.89. The van der Waals surface area contributed by atoms with Gasteiger partial charge in [0, 0.05) is 0 Å². The molecule has 116 valence electrons. The summed E-state index contributed by atoms with van der Waals surface area (Å²) < 4.78 is 10.4. The predicted molar refractivity (Wildman–Crippen MR) is 74.6 cm³/mol. The van der Waals surface area contributed by atoms with Gasteiger partial charge >= 0.3 is 11.9 Å². The van der Waals surface area contributed by atoms with E-state index in [9.17, 15) is 19.7 Å². The molecule has 10 nitrogen and oxygen atoms in total. The van der Waals surface area contributed by atoms with E-state index in [-0.39, 0.29) is 5.76 Å². The molecule has 0 aliphatic carbocycles. The molecule has 0 N–H and O–H groups in total. The molecule has 0 saturated heterocycles. The molecule has 0 saturated carbocycles. The first-order valence-electron chi connectivity index (χ1n) is 6.30. The third-order valence-electron chi connectivity index (χ3n) is 2.92. The van der Waals surface area contributed by atoms with Crippen molar-refractivity contribution in [1.29, 1.82) is 0 Å². The maximum atomic E-state index is 12.1. The normalized spacial score (nSPS) is 10.6. The number of nitro groups is 1. The molecule has 0 radical (unpaired) electrons. The number of carbonyl (C=O) groups is 1. The van der Waals surface area contributed by atoms with Gasteiger partial charge in [0.15, 0.2) is 6.73 Å². The van der Waals surface area contributed by atoms with Gasteiger partial charge in [-0.3, -0.25) is 14.9 Å². The summed E-state index contributed by atoms with van der Waals surface area (Å²) in [6, 6.07) is 8.71. The smallest absolute Gasteiger partial charge is 0.433 e. The topological polar surface area (TPSA) is 130 Å². The fraction of sp³-hybridized carbons (Fsp3) is 0.0769. The molecule has 0 atom stereocenters. The lowest BCUT2D eigenvalue weighted by Crippen LogP contribution is -2.26. The quantitative estimate of drug-likeness (QED) is 0.397. The molecule has 0 bridgehead atoms. The molecule has 2 heterocycles. The first-order chi connectivity index (χ1) is 11.1. The van der Waals surface area contributed by atoms with Crippen LogP contribution < -0.4 is 5.56 Å². The van der Waals surface area contributed by atoms with Crippen molar-refractivity contribution >= 4 is 22.8 Å². The van der Waals surface area contributed by atoms with Gasteiger partial charge in [-0.15, -0.1) is 5.10 Å². The van der Waals surface area contributed by atoms with Crippen LogP contribution in [0.3, 0.4) is 0 Å². The average molecular weight is 316 g/mol. The number of rotatable bonds is 4. The number of furan rings is 1. The van der Waals surface area contributed by atoms with Gasteiger partial charge in [-0.1, -0.05) is 17.3 Å². The monoisotopic (exact) mass is 316 g/mol. The molecular formula is C13H8N4O6. The number of hydrogen-bond acceptors (Lipinski definition) is 8. The van der Waals surface area contributed by atoms with Crippen molar-refractivity contribution in [3.05, 3.63) is 62.6 Å². The summed E-state index contributed by atoms with van der Waals surface area (Å²) in [7, 11) is 0. The van der Waals surface area contributed by atoms with Crippen LogP contribution in [0.2, 0.25) is 0 Å². The molecule has 0 aliphatic heterocycles. The van der Waals surface area contributed by atoms with Crippen molar-refractivity contribution in [1.82, 2.24) is 15.0 Å². The Morgan fingerprint density at radius 3 is 2.83 bits per heavy atom. The number of ether oxygens (including phenoxy) is 1. The van der Waals surface area contributed by atoms with E-state index in [1.54, 1.807) is 24.3 Å². The van der Waals surface area contributed by atoms with Gasteiger partial charge in [0.2, 0.25) is 5.76 Å². The van der Waals surface area contributed by atoms with Crippen LogP contribution in [-0.4, -0.2) is 25.9 Å². The van der Waals surface area contributed by atoms with Gasteiger partial charge in [-0.05, 0) is 18.2 Å². The van der Waals surface area contributed by atoms with E-state index in [1.165, 1.54) is 0 Å². The zero-order valence-electron chi connectivity index (χ0n) is 11.4. The SMILES string of the molecule is O=C(OCn1nnc2ccccc2c1=O)c1ccc([N+](=O)[O-])o1. The molecule has 1 aromatic carbocycles. The van der Waals surface area contributed by atoms with Crippen LogP contribution in [0.1, 0.15) is 10.6 Å². The highest BCUT2D eigenvalue weighted by Gasteiger charge is 2.19. The van der Waals surface area contributed by atoms with E-state index in [0.29, 0.717) is 10.9 Å². The molecule has 0 aliphatic rings. The van der Waals surface area contributed by atoms with Crippen LogP contribution in [0.5, 0.6) is 0 Å². The lowest BCUT2D eigenvalue weighted by molar-refractivity contribution is -0.402. The third kappa shape index (κ3) is 2.77. The lowest BCUT2D eigenvalue weighted by Gasteiger charge is -2.05. The number of nitrogens with zero attached hydrogens (tertiary/aromatic N) is 4. The summed E-state index contributed by atoms with van der Waals surface area (Å²) in [5.41, 5.74) is -0.0597. The number of fused-ring (bicyclic) bond motifs is 1. The fourth-order valence-electron chi connectivity index (χ4n) is 1.83. The Hall–Kier alpha value is -3.56. The first kappa shape index (κ1) is 14.4. The maximum Gasteiger partial charge on any atom is 0.433 e. The van der Waals surface area contributed by atoms with Crippen LogP contribution in [0, 0.1) is 10.1 Å². The zero-order chi connectivity index (χ0) is 16.4. The summed E-state index contributed by atoms with van der Waals surface area (Å²) in [5, 5.41) is 18.3. The van der Waals surface area contributed by atoms with Crippen molar-refractivity contribution in [3.8, 4) is 0 Å². The van der Waals surface area contributed by atoms with Crippen molar-refractivity contribution in [3.63, 3.8) is 0 Å². The number of aromatic nitrogens is 3. The number of esters is 1. The molecule has 3 rings (SSSR count). The second kappa shape index (κ2) is 5.67. The Kier molecular flexibility index (Phi) is 3.55. The average Bonchev–Trinajstić information content (AvgIpc) is 3.04. The van der Waals surface area contributed by atoms with E-state index in [0.717, 1.165) is 16.8 Å². The van der Waals surface area contributed by atoms with Crippen molar-refractivity contribution in [2.75, 3.05) is 0 Å². The second-order valence-corrected chi connectivity index (χ2v) is 4.37. The first-order valence-corrected chi connectivity index (χ1v) is 6.30. The van der Waals surface area contributed by atoms with Crippen molar-refractivity contribution < 1.29 is 18.9 Å². The van der Waals surface area contributed by atoms with E-state index < -0.39 is 29.1 Å². The Morgan fingerprint density at radius 2 is 2.09 bits per heavy atom. The Balaban J connectivity index is 1.77. The van der Waals surface area contributed by atoms with Crippen LogP contribution in [0.4, 0.5) is 5.88 Å². The van der Waals surface area contributed by atoms with Crippen molar-refractivity contribution in [2.24, 2.45) is 0 Å². The van der Waals surface area contributed by atoms with Crippen LogP contribution in [0.15, 0.2) is 45.6 Å². The van der Waals surface area contributed by atoms with Crippen LogP contribution in [0.25, 0.3) is 10.9 Å². The second-order valence-electron chi connectivity index (χ2n) is 4.37. The highest BCUT2D eigenvalue weighted by atomic mass is 16.7. The van der Waals surface area contributed by atoms with E-state index in [1.807, 2.05) is 0 Å². The van der Waals surface area contributed by atoms with Crippen LogP contribution >= 0.6 is 0 Å². The minimum Gasteiger partial charge on any atom is -0.436 e. The predicted octanol–water partition coefficient (Wildman–Crippen LogP) is 1.11. The minimum atomic E-state index is -0.958. The number of hydrogen-bond donors (Lipinski definition) is 0. The van der Waals surface area contributed by atoms with E-state index in [2.05, 4.69) is 10.3 Å². The summed E-state index contributed by atoms with van der Waals surface area (Å²) in [4.78, 5) is 33.6. The molecule has 10 heteroatoms. The Morgan fingerprint density at radius 1 is 1.30 bits per heavy atom. The van der Waals surface area contributed by atoms with E-state index in [4.69, 9.17) is 9.15 Å². The van der Waals surface area contributed by atoms with E-state index >= 15 is 0 Å². The molecule has 23 heavy (non-hydrogen) atoms. The Labute approximate surface area is 127 Å². The highest BCUT2D eigenvalue weighted by molar-refractivity contribution is 5.86. The number of benzene rings is 1. The zero-order valence-corrected chi connectivity index (χ0v) is 11.4. The summed E-state index contributed by atoms with van der Waals surface area (Å²) in [6.07, 6.45) is 0. The highest BCUT2D eigenvalue weighted by Crippen LogP contribution is 2.16. The molecule has 0 fully saturated rings. The molecule has 2 aromatic heterocycles.